The highest BCUT2D eigenvalue weighted by atomic mass is 32.2. The lowest BCUT2D eigenvalue weighted by Gasteiger charge is -2.37. The maximum absolute atomic E-state index is 14.2. The highest BCUT2D eigenvalue weighted by Crippen LogP contribution is 2.47. The predicted octanol–water partition coefficient (Wildman–Crippen LogP) is 7.02. The van der Waals surface area contributed by atoms with Crippen LogP contribution >= 0.6 is 11.8 Å². The first-order valence-electron chi connectivity index (χ1n) is 15.1. The number of nitrogens with zero attached hydrogens (tertiary/aromatic N) is 1. The van der Waals surface area contributed by atoms with E-state index in [1.54, 1.807) is 36.4 Å². The van der Waals surface area contributed by atoms with Crippen molar-refractivity contribution in [2.24, 2.45) is 5.41 Å². The van der Waals surface area contributed by atoms with Crippen LogP contribution in [0, 0.1) is 5.41 Å². The number of hydrogen-bond acceptors (Lipinski definition) is 7. The third-order valence-corrected chi connectivity index (χ3v) is 10.8. The average molecular weight is 639 g/mol. The smallest absolute Gasteiger partial charge is 0.330 e. The number of hydrogen-bond donors (Lipinski definition) is 2. The number of carbonyl (C=O) groups excluding carboxylic acids is 1. The van der Waals surface area contributed by atoms with E-state index < -0.39 is 39.8 Å². The van der Waals surface area contributed by atoms with Gasteiger partial charge in [-0.1, -0.05) is 88.1 Å². The van der Waals surface area contributed by atoms with Crippen LogP contribution in [0.25, 0.3) is 0 Å². The number of unbranched alkanes of at least 4 members (excludes halogenated alkanes) is 2. The second-order valence-corrected chi connectivity index (χ2v) is 14.2. The summed E-state index contributed by atoms with van der Waals surface area (Å²) in [5, 5.41) is 12.2. The van der Waals surface area contributed by atoms with Gasteiger partial charge >= 0.3 is 5.97 Å². The van der Waals surface area contributed by atoms with Gasteiger partial charge in [-0.05, 0) is 42.9 Å². The van der Waals surface area contributed by atoms with Crippen LogP contribution in [0.5, 0.6) is 5.75 Å². The molecular formula is C34H42N2O6S2. The maximum Gasteiger partial charge on any atom is 0.330 e. The van der Waals surface area contributed by atoms with E-state index in [2.05, 4.69) is 24.1 Å². The Bertz CT molecular complexity index is 1520. The third-order valence-electron chi connectivity index (χ3n) is 8.09. The van der Waals surface area contributed by atoms with Crippen LogP contribution in [0.2, 0.25) is 0 Å². The Kier molecular flexibility index (Phi) is 11.4. The molecule has 0 saturated heterocycles. The predicted molar refractivity (Wildman–Crippen MR) is 176 cm³/mol. The second-order valence-electron chi connectivity index (χ2n) is 11.4. The van der Waals surface area contributed by atoms with Gasteiger partial charge in [0.1, 0.15) is 5.75 Å². The van der Waals surface area contributed by atoms with Gasteiger partial charge in [-0.3, -0.25) is 4.79 Å². The number of carbonyl (C=O) groups is 2. The molecule has 0 spiro atoms. The van der Waals surface area contributed by atoms with Gasteiger partial charge in [-0.15, -0.1) is 11.8 Å². The minimum Gasteiger partial charge on any atom is -0.483 e. The third kappa shape index (κ3) is 7.95. The van der Waals surface area contributed by atoms with Gasteiger partial charge < -0.3 is 20.1 Å². The fourth-order valence-corrected chi connectivity index (χ4v) is 8.52. The van der Waals surface area contributed by atoms with Gasteiger partial charge in [0.15, 0.2) is 22.5 Å². The number of carboxylic acid groups (broad SMARTS) is 1. The van der Waals surface area contributed by atoms with Crippen LogP contribution < -0.4 is 15.0 Å². The molecular weight excluding hydrogens is 597 g/mol. The lowest BCUT2D eigenvalue weighted by molar-refractivity contribution is -0.142. The number of carboxylic acids is 1. The first kappa shape index (κ1) is 33.4. The Labute approximate surface area is 265 Å². The number of thioether (sulfide) groups is 1. The molecule has 0 radical (unpaired) electrons. The molecule has 1 aliphatic heterocycles. The van der Waals surface area contributed by atoms with Gasteiger partial charge in [0, 0.05) is 23.7 Å². The van der Waals surface area contributed by atoms with Gasteiger partial charge in [-0.2, -0.15) is 0 Å². The van der Waals surface area contributed by atoms with E-state index in [0.717, 1.165) is 44.2 Å². The molecule has 3 aromatic rings. The van der Waals surface area contributed by atoms with Crippen molar-refractivity contribution in [2.75, 3.05) is 30.1 Å². The van der Waals surface area contributed by atoms with E-state index >= 15 is 0 Å². The molecule has 8 nitrogen and oxygen atoms in total. The number of rotatable bonds is 14. The largest absolute Gasteiger partial charge is 0.483 e. The van der Waals surface area contributed by atoms with Gasteiger partial charge in [0.25, 0.3) is 5.91 Å². The van der Waals surface area contributed by atoms with Crippen molar-refractivity contribution in [1.29, 1.82) is 0 Å². The van der Waals surface area contributed by atoms with E-state index in [4.69, 9.17) is 4.74 Å². The molecule has 44 heavy (non-hydrogen) atoms. The molecule has 2 N–H and O–H groups in total. The first-order valence-corrected chi connectivity index (χ1v) is 18.0. The molecule has 0 unspecified atom stereocenters. The van der Waals surface area contributed by atoms with Crippen LogP contribution in [0.4, 0.5) is 11.4 Å². The summed E-state index contributed by atoms with van der Waals surface area (Å²) >= 11 is 1.40. The van der Waals surface area contributed by atoms with Gasteiger partial charge in [-0.25, -0.2) is 13.2 Å². The molecule has 1 aliphatic rings. The number of amides is 1. The molecule has 10 heteroatoms. The molecule has 0 bridgehead atoms. The van der Waals surface area contributed by atoms with Crippen molar-refractivity contribution in [3.8, 4) is 5.75 Å². The quantitative estimate of drug-likeness (QED) is 0.181. The molecule has 3 aromatic carbocycles. The highest BCUT2D eigenvalue weighted by molar-refractivity contribution is 7.98. The monoisotopic (exact) mass is 638 g/mol. The fraction of sp³-hybridized carbons (Fsp3) is 0.412. The summed E-state index contributed by atoms with van der Waals surface area (Å²) in [4.78, 5) is 27.7. The fourth-order valence-electron chi connectivity index (χ4n) is 5.86. The van der Waals surface area contributed by atoms with Crippen molar-refractivity contribution in [1.82, 2.24) is 5.32 Å². The minimum atomic E-state index is -3.75. The van der Waals surface area contributed by atoms with Crippen molar-refractivity contribution in [2.45, 2.75) is 68.2 Å². The second kappa shape index (κ2) is 15.0. The lowest BCUT2D eigenvalue weighted by atomic mass is 9.79. The summed E-state index contributed by atoms with van der Waals surface area (Å²) < 4.78 is 34.4. The Morgan fingerprint density at radius 1 is 1.00 bits per heavy atom. The number of anilines is 2. The first-order chi connectivity index (χ1) is 21.1. The van der Waals surface area contributed by atoms with E-state index in [0.29, 0.717) is 22.7 Å². The zero-order chi connectivity index (χ0) is 31.7. The molecule has 4 rings (SSSR count). The highest BCUT2D eigenvalue weighted by Gasteiger charge is 2.42. The Balaban J connectivity index is 1.71. The van der Waals surface area contributed by atoms with E-state index in [-0.39, 0.29) is 16.4 Å². The summed E-state index contributed by atoms with van der Waals surface area (Å²) in [5.74, 6) is -1.52. The number of ether oxygens (including phenoxy) is 1. The van der Waals surface area contributed by atoms with Crippen molar-refractivity contribution >= 4 is 44.9 Å². The summed E-state index contributed by atoms with van der Waals surface area (Å²) in [5.41, 5.74) is 1.53. The zero-order valence-corrected chi connectivity index (χ0v) is 27.3. The molecule has 1 heterocycles. The lowest BCUT2D eigenvalue weighted by Crippen LogP contribution is -2.38. The number of benzene rings is 3. The summed E-state index contributed by atoms with van der Waals surface area (Å²) in [6, 6.07) is 20.4. The van der Waals surface area contributed by atoms with Gasteiger partial charge in [0.2, 0.25) is 0 Å². The van der Waals surface area contributed by atoms with Crippen LogP contribution in [-0.2, 0) is 19.4 Å². The van der Waals surface area contributed by atoms with Crippen molar-refractivity contribution in [3.63, 3.8) is 0 Å². The van der Waals surface area contributed by atoms with E-state index in [1.807, 2.05) is 42.7 Å². The topological polar surface area (TPSA) is 113 Å². The normalized spacial score (nSPS) is 15.9. The number of nitrogens with one attached hydrogen (secondary N) is 1. The van der Waals surface area contributed by atoms with E-state index in [1.165, 1.54) is 11.8 Å². The van der Waals surface area contributed by atoms with Crippen LogP contribution in [0.3, 0.4) is 0 Å². The molecule has 0 fully saturated rings. The molecule has 0 aromatic heterocycles. The Hall–Kier alpha value is -3.50. The summed E-state index contributed by atoms with van der Waals surface area (Å²) in [6.45, 7) is 4.37. The van der Waals surface area contributed by atoms with Crippen molar-refractivity contribution < 1.29 is 27.9 Å². The SMILES string of the molecule is CCCCC1(CCCC)CN(c2ccccc2)c2cc(SC)c(OCC(=O)N[C@@H](C(=O)O)c3ccccc3)cc2S(=O)(=O)C1. The van der Waals surface area contributed by atoms with E-state index in [9.17, 15) is 23.1 Å². The number of aliphatic carboxylic acids is 1. The average Bonchev–Trinajstić information content (AvgIpc) is 3.12. The maximum atomic E-state index is 14.2. The molecule has 0 saturated carbocycles. The number of fused-ring (bicyclic) bond motifs is 1. The molecule has 0 aliphatic carbocycles. The number of sulfone groups is 1. The van der Waals surface area contributed by atoms with Crippen LogP contribution in [-0.4, -0.2) is 50.6 Å². The Morgan fingerprint density at radius 3 is 2.18 bits per heavy atom. The van der Waals surface area contributed by atoms with Crippen molar-refractivity contribution in [3.05, 3.63) is 78.4 Å². The molecule has 1 atom stereocenters. The van der Waals surface area contributed by atoms with Crippen LogP contribution in [0.1, 0.15) is 64.0 Å². The Morgan fingerprint density at radius 2 is 1.61 bits per heavy atom. The summed E-state index contributed by atoms with van der Waals surface area (Å²) in [7, 11) is -3.75. The van der Waals surface area contributed by atoms with Crippen LogP contribution in [0.15, 0.2) is 82.6 Å². The molecule has 236 valence electrons. The number of para-hydroxylation sites is 1. The summed E-state index contributed by atoms with van der Waals surface area (Å²) in [6.07, 6.45) is 7.34. The minimum absolute atomic E-state index is 0.0340. The van der Waals surface area contributed by atoms with Gasteiger partial charge in [0.05, 0.1) is 21.2 Å². The molecule has 1 amide bonds. The standard InChI is InChI=1S/C34H42N2O6S2/c1-4-6-18-34(19-7-5-2)23-36(26-16-12-9-13-17-26)27-20-29(43-3)28(21-30(27)44(40,41)24-34)42-22-31(37)35-32(33(38)39)25-14-10-8-11-15-25/h8-17,20-21,32H,4-7,18-19,22-24H2,1-3H3,(H,35,37)(H,38,39)/t32-/m1/s1. The zero-order valence-electron chi connectivity index (χ0n) is 25.6.